The molecule has 0 aliphatic rings. The molecular formula is C28H26FN3O3. The number of carbonyl (C=O) groups is 1. The third-order valence-corrected chi connectivity index (χ3v) is 5.79. The number of para-hydroxylation sites is 1. The van der Waals surface area contributed by atoms with E-state index >= 15 is 0 Å². The van der Waals surface area contributed by atoms with Crippen LogP contribution < -0.4 is 10.3 Å². The summed E-state index contributed by atoms with van der Waals surface area (Å²) in [5.74, 6) is 0.0230. The van der Waals surface area contributed by atoms with Gasteiger partial charge in [-0.25, -0.2) is 4.39 Å². The van der Waals surface area contributed by atoms with Crippen LogP contribution in [0.1, 0.15) is 28.5 Å². The van der Waals surface area contributed by atoms with Crippen LogP contribution in [0.5, 0.6) is 5.75 Å². The van der Waals surface area contributed by atoms with Crippen LogP contribution in [0.25, 0.3) is 5.69 Å². The summed E-state index contributed by atoms with van der Waals surface area (Å²) in [6.45, 7) is 2.34. The van der Waals surface area contributed by atoms with Crippen molar-refractivity contribution in [2.75, 3.05) is 7.11 Å². The van der Waals surface area contributed by atoms with Crippen molar-refractivity contribution < 1.29 is 13.9 Å². The fourth-order valence-corrected chi connectivity index (χ4v) is 3.95. The van der Waals surface area contributed by atoms with Crippen molar-refractivity contribution in [2.45, 2.75) is 25.9 Å². The fraction of sp³-hybridized carbons (Fsp3) is 0.179. The molecule has 3 aromatic carbocycles. The molecule has 7 heteroatoms. The van der Waals surface area contributed by atoms with Gasteiger partial charge in [-0.05, 0) is 60.9 Å². The van der Waals surface area contributed by atoms with E-state index in [0.29, 0.717) is 18.7 Å². The van der Waals surface area contributed by atoms with E-state index in [4.69, 9.17) is 4.74 Å². The van der Waals surface area contributed by atoms with E-state index in [1.54, 1.807) is 12.0 Å². The minimum Gasteiger partial charge on any atom is -0.496 e. The van der Waals surface area contributed by atoms with Crippen molar-refractivity contribution in [1.82, 2.24) is 14.7 Å². The van der Waals surface area contributed by atoms with Crippen molar-refractivity contribution >= 4 is 5.91 Å². The monoisotopic (exact) mass is 471 g/mol. The summed E-state index contributed by atoms with van der Waals surface area (Å²) in [6, 6.07) is 25.3. The molecule has 0 spiro atoms. The number of carbonyl (C=O) groups excluding carboxylic acids is 1. The third kappa shape index (κ3) is 5.63. The second-order valence-electron chi connectivity index (χ2n) is 8.23. The minimum atomic E-state index is -0.423. The first-order chi connectivity index (χ1) is 17.0. The van der Waals surface area contributed by atoms with Gasteiger partial charge in [-0.1, -0.05) is 48.5 Å². The van der Waals surface area contributed by atoms with Gasteiger partial charge < -0.3 is 9.64 Å². The number of ether oxygens (including phenoxy) is 1. The van der Waals surface area contributed by atoms with E-state index in [0.717, 1.165) is 21.6 Å². The second kappa shape index (κ2) is 10.8. The number of halogens is 1. The third-order valence-electron chi connectivity index (χ3n) is 5.79. The largest absolute Gasteiger partial charge is 0.496 e. The molecule has 6 nitrogen and oxygen atoms in total. The maximum Gasteiger partial charge on any atom is 0.274 e. The zero-order valence-electron chi connectivity index (χ0n) is 19.6. The maximum atomic E-state index is 13.7. The van der Waals surface area contributed by atoms with Crippen molar-refractivity contribution in [3.63, 3.8) is 0 Å². The van der Waals surface area contributed by atoms with E-state index in [1.807, 2.05) is 61.5 Å². The van der Waals surface area contributed by atoms with Gasteiger partial charge in [-0.2, -0.15) is 9.78 Å². The lowest BCUT2D eigenvalue weighted by molar-refractivity contribution is 0.0666. The molecule has 0 N–H and O–H groups in total. The molecule has 1 amide bonds. The highest BCUT2D eigenvalue weighted by Crippen LogP contribution is 2.22. The molecule has 0 radical (unpaired) electrons. The van der Waals surface area contributed by atoms with Crippen LogP contribution in [0.15, 0.2) is 95.8 Å². The first-order valence-electron chi connectivity index (χ1n) is 11.3. The van der Waals surface area contributed by atoms with Crippen LogP contribution >= 0.6 is 0 Å². The lowest BCUT2D eigenvalue weighted by Gasteiger charge is -2.30. The van der Waals surface area contributed by atoms with Gasteiger partial charge in [0.15, 0.2) is 0 Å². The second-order valence-corrected chi connectivity index (χ2v) is 8.23. The lowest BCUT2D eigenvalue weighted by atomic mass is 10.0. The Morgan fingerprint density at radius 2 is 1.66 bits per heavy atom. The molecule has 178 valence electrons. The number of benzene rings is 3. The van der Waals surface area contributed by atoms with Crippen LogP contribution in [-0.2, 0) is 13.0 Å². The zero-order chi connectivity index (χ0) is 24.8. The summed E-state index contributed by atoms with van der Waals surface area (Å²) in [5, 5.41) is 4.32. The van der Waals surface area contributed by atoms with Gasteiger partial charge in [0.05, 0.1) is 12.8 Å². The van der Waals surface area contributed by atoms with Crippen LogP contribution in [0.2, 0.25) is 0 Å². The number of nitrogens with zero attached hydrogens (tertiary/aromatic N) is 3. The Morgan fingerprint density at radius 3 is 2.37 bits per heavy atom. The Morgan fingerprint density at radius 1 is 0.971 bits per heavy atom. The molecular weight excluding hydrogens is 445 g/mol. The molecule has 4 rings (SSSR count). The Balaban J connectivity index is 1.69. The number of hydrogen-bond donors (Lipinski definition) is 0. The van der Waals surface area contributed by atoms with Crippen LogP contribution in [0.3, 0.4) is 0 Å². The molecule has 1 atom stereocenters. The topological polar surface area (TPSA) is 64.4 Å². The van der Waals surface area contributed by atoms with Gasteiger partial charge in [0.25, 0.3) is 11.5 Å². The van der Waals surface area contributed by atoms with E-state index in [9.17, 15) is 14.0 Å². The summed E-state index contributed by atoms with van der Waals surface area (Å²) in [7, 11) is 1.62. The predicted molar refractivity (Wildman–Crippen MR) is 132 cm³/mol. The van der Waals surface area contributed by atoms with E-state index in [-0.39, 0.29) is 17.6 Å². The molecule has 0 aliphatic heterocycles. The van der Waals surface area contributed by atoms with Gasteiger partial charge in [0, 0.05) is 18.7 Å². The molecule has 0 saturated carbocycles. The SMILES string of the molecule is COc1ccccc1CC(C)N(Cc1ccccc1)C(=O)c1ccc(=O)n(-c2ccc(F)cc2)n1. The Kier molecular flexibility index (Phi) is 7.35. The number of hydrogen-bond acceptors (Lipinski definition) is 4. The van der Waals surface area contributed by atoms with Crippen molar-refractivity contribution in [2.24, 2.45) is 0 Å². The van der Waals surface area contributed by atoms with Crippen molar-refractivity contribution in [1.29, 1.82) is 0 Å². The van der Waals surface area contributed by atoms with Crippen molar-refractivity contribution in [3.05, 3.63) is 124 Å². The van der Waals surface area contributed by atoms with Gasteiger partial charge in [0.2, 0.25) is 0 Å². The molecule has 0 aliphatic carbocycles. The van der Waals surface area contributed by atoms with Gasteiger partial charge in [-0.15, -0.1) is 0 Å². The summed E-state index contributed by atoms with van der Waals surface area (Å²) >= 11 is 0. The summed E-state index contributed by atoms with van der Waals surface area (Å²) in [6.07, 6.45) is 0.570. The molecule has 0 saturated heterocycles. The number of aromatic nitrogens is 2. The van der Waals surface area contributed by atoms with Crippen LogP contribution in [0, 0.1) is 5.82 Å². The molecule has 1 unspecified atom stereocenters. The highest BCUT2D eigenvalue weighted by Gasteiger charge is 2.25. The smallest absolute Gasteiger partial charge is 0.274 e. The van der Waals surface area contributed by atoms with Gasteiger partial charge >= 0.3 is 0 Å². The molecule has 4 aromatic rings. The standard InChI is InChI=1S/C28H26FN3O3/c1-20(18-22-10-6-7-11-26(22)35-2)31(19-21-8-4-3-5-9-21)28(34)25-16-17-27(33)32(30-25)24-14-12-23(29)13-15-24/h3-17,20H,18-19H2,1-2H3. The van der Waals surface area contributed by atoms with E-state index in [2.05, 4.69) is 5.10 Å². The Hall–Kier alpha value is -4.26. The molecule has 1 aromatic heterocycles. The fourth-order valence-electron chi connectivity index (χ4n) is 3.95. The number of amides is 1. The molecule has 35 heavy (non-hydrogen) atoms. The van der Waals surface area contributed by atoms with Gasteiger partial charge in [-0.3, -0.25) is 9.59 Å². The lowest BCUT2D eigenvalue weighted by Crippen LogP contribution is -2.40. The summed E-state index contributed by atoms with van der Waals surface area (Å²) in [5.41, 5.74) is 2.04. The van der Waals surface area contributed by atoms with Gasteiger partial charge in [0.1, 0.15) is 17.3 Å². The predicted octanol–water partition coefficient (Wildman–Crippen LogP) is 4.65. The summed E-state index contributed by atoms with van der Waals surface area (Å²) < 4.78 is 20.0. The Labute approximate surface area is 203 Å². The normalized spacial score (nSPS) is 11.6. The van der Waals surface area contributed by atoms with E-state index in [1.165, 1.54) is 36.4 Å². The maximum absolute atomic E-state index is 13.7. The van der Waals surface area contributed by atoms with E-state index < -0.39 is 11.4 Å². The minimum absolute atomic E-state index is 0.122. The van der Waals surface area contributed by atoms with Crippen LogP contribution in [-0.4, -0.2) is 33.7 Å². The highest BCUT2D eigenvalue weighted by atomic mass is 19.1. The number of rotatable bonds is 8. The average molecular weight is 472 g/mol. The summed E-state index contributed by atoms with van der Waals surface area (Å²) in [4.78, 5) is 27.9. The zero-order valence-corrected chi connectivity index (χ0v) is 19.6. The molecule has 0 fully saturated rings. The number of methoxy groups -OCH3 is 1. The molecule has 0 bridgehead atoms. The first kappa shape index (κ1) is 23.9. The molecule has 1 heterocycles. The first-order valence-corrected chi connectivity index (χ1v) is 11.3. The highest BCUT2D eigenvalue weighted by molar-refractivity contribution is 5.92. The average Bonchev–Trinajstić information content (AvgIpc) is 2.88. The Bertz CT molecular complexity index is 1350. The van der Waals surface area contributed by atoms with Crippen LogP contribution in [0.4, 0.5) is 4.39 Å². The van der Waals surface area contributed by atoms with Crippen molar-refractivity contribution in [3.8, 4) is 11.4 Å². The quantitative estimate of drug-likeness (QED) is 0.375.